The molecule has 0 saturated carbocycles. The zero-order valence-corrected chi connectivity index (χ0v) is 9.63. The highest BCUT2D eigenvalue weighted by Gasteiger charge is 2.04. The fourth-order valence-electron chi connectivity index (χ4n) is 1.40. The van der Waals surface area contributed by atoms with Gasteiger partial charge < -0.3 is 10.6 Å². The number of rotatable bonds is 4. The van der Waals surface area contributed by atoms with E-state index >= 15 is 0 Å². The SMILES string of the molecule is CC(C)CCN(C)c1cc(N)cc(F)c1. The fourth-order valence-corrected chi connectivity index (χ4v) is 1.40. The lowest BCUT2D eigenvalue weighted by atomic mass is 10.1. The van der Waals surface area contributed by atoms with Gasteiger partial charge in [-0.15, -0.1) is 0 Å². The van der Waals surface area contributed by atoms with Crippen LogP contribution in [0.5, 0.6) is 0 Å². The van der Waals surface area contributed by atoms with Crippen LogP contribution in [0.2, 0.25) is 0 Å². The van der Waals surface area contributed by atoms with Gasteiger partial charge in [0, 0.05) is 25.0 Å². The van der Waals surface area contributed by atoms with E-state index in [1.807, 2.05) is 11.9 Å². The normalized spacial score (nSPS) is 10.7. The van der Waals surface area contributed by atoms with Gasteiger partial charge in [-0.1, -0.05) is 13.8 Å². The Morgan fingerprint density at radius 2 is 2.00 bits per heavy atom. The maximum atomic E-state index is 13.1. The molecule has 1 aromatic rings. The van der Waals surface area contributed by atoms with Crippen LogP contribution in [0.1, 0.15) is 20.3 Å². The Morgan fingerprint density at radius 3 is 2.53 bits per heavy atom. The number of anilines is 2. The van der Waals surface area contributed by atoms with Crippen LogP contribution in [-0.4, -0.2) is 13.6 Å². The van der Waals surface area contributed by atoms with E-state index in [1.54, 1.807) is 6.07 Å². The van der Waals surface area contributed by atoms with Crippen molar-refractivity contribution in [2.24, 2.45) is 5.92 Å². The molecular weight excluding hydrogens is 191 g/mol. The van der Waals surface area contributed by atoms with Crippen molar-refractivity contribution in [3.8, 4) is 0 Å². The Labute approximate surface area is 90.9 Å². The lowest BCUT2D eigenvalue weighted by Crippen LogP contribution is -2.20. The van der Waals surface area contributed by atoms with E-state index in [0.717, 1.165) is 18.7 Å². The van der Waals surface area contributed by atoms with Gasteiger partial charge in [-0.3, -0.25) is 0 Å². The molecule has 0 aliphatic heterocycles. The smallest absolute Gasteiger partial charge is 0.127 e. The second-order valence-corrected chi connectivity index (χ2v) is 4.35. The first kappa shape index (κ1) is 11.8. The van der Waals surface area contributed by atoms with Gasteiger partial charge in [0.25, 0.3) is 0 Å². The Bertz CT molecular complexity index is 303. The van der Waals surface area contributed by atoms with E-state index in [-0.39, 0.29) is 5.82 Å². The van der Waals surface area contributed by atoms with Crippen LogP contribution in [0.3, 0.4) is 0 Å². The van der Waals surface area contributed by atoms with Crippen molar-refractivity contribution in [2.45, 2.75) is 20.3 Å². The minimum Gasteiger partial charge on any atom is -0.399 e. The lowest BCUT2D eigenvalue weighted by molar-refractivity contribution is 0.584. The van der Waals surface area contributed by atoms with Crippen molar-refractivity contribution in [1.29, 1.82) is 0 Å². The summed E-state index contributed by atoms with van der Waals surface area (Å²) in [5, 5.41) is 0. The molecule has 0 atom stereocenters. The van der Waals surface area contributed by atoms with Gasteiger partial charge in [-0.2, -0.15) is 0 Å². The summed E-state index contributed by atoms with van der Waals surface area (Å²) in [7, 11) is 1.95. The minimum atomic E-state index is -0.276. The summed E-state index contributed by atoms with van der Waals surface area (Å²) < 4.78 is 13.1. The van der Waals surface area contributed by atoms with Crippen LogP contribution in [0.15, 0.2) is 18.2 Å². The first-order valence-corrected chi connectivity index (χ1v) is 5.26. The second-order valence-electron chi connectivity index (χ2n) is 4.35. The molecule has 0 fully saturated rings. The van der Waals surface area contributed by atoms with Gasteiger partial charge in [-0.05, 0) is 30.5 Å². The molecule has 0 saturated heterocycles. The van der Waals surface area contributed by atoms with Crippen molar-refractivity contribution in [2.75, 3.05) is 24.2 Å². The first-order chi connectivity index (χ1) is 6.99. The summed E-state index contributed by atoms with van der Waals surface area (Å²) >= 11 is 0. The highest BCUT2D eigenvalue weighted by molar-refractivity contribution is 5.55. The number of nitrogen functional groups attached to an aromatic ring is 1. The average Bonchev–Trinajstić information content (AvgIpc) is 2.12. The third-order valence-electron chi connectivity index (χ3n) is 2.39. The second kappa shape index (κ2) is 5.01. The summed E-state index contributed by atoms with van der Waals surface area (Å²) in [5.74, 6) is 0.375. The molecule has 0 aliphatic rings. The lowest BCUT2D eigenvalue weighted by Gasteiger charge is -2.20. The minimum absolute atomic E-state index is 0.276. The maximum absolute atomic E-state index is 13.1. The zero-order chi connectivity index (χ0) is 11.4. The van der Waals surface area contributed by atoms with Crippen LogP contribution in [-0.2, 0) is 0 Å². The van der Waals surface area contributed by atoms with Crippen molar-refractivity contribution in [3.63, 3.8) is 0 Å². The van der Waals surface area contributed by atoms with E-state index in [0.29, 0.717) is 11.6 Å². The number of hydrogen-bond donors (Lipinski definition) is 1. The number of hydrogen-bond acceptors (Lipinski definition) is 2. The average molecular weight is 210 g/mol. The Kier molecular flexibility index (Phi) is 3.95. The monoisotopic (exact) mass is 210 g/mol. The van der Waals surface area contributed by atoms with Crippen molar-refractivity contribution < 1.29 is 4.39 Å². The predicted octanol–water partition coefficient (Wildman–Crippen LogP) is 2.89. The summed E-state index contributed by atoms with van der Waals surface area (Å²) in [6.45, 7) is 5.27. The highest BCUT2D eigenvalue weighted by atomic mass is 19.1. The van der Waals surface area contributed by atoms with E-state index in [4.69, 9.17) is 5.73 Å². The van der Waals surface area contributed by atoms with Crippen molar-refractivity contribution >= 4 is 11.4 Å². The van der Waals surface area contributed by atoms with Crippen LogP contribution in [0, 0.1) is 11.7 Å². The van der Waals surface area contributed by atoms with Gasteiger partial charge in [-0.25, -0.2) is 4.39 Å². The Hall–Kier alpha value is -1.25. The quantitative estimate of drug-likeness (QED) is 0.774. The fraction of sp³-hybridized carbons (Fsp3) is 0.500. The standard InChI is InChI=1S/C12H19FN2/c1-9(2)4-5-15(3)12-7-10(13)6-11(14)8-12/h6-9H,4-5,14H2,1-3H3. The highest BCUT2D eigenvalue weighted by Crippen LogP contribution is 2.19. The summed E-state index contributed by atoms with van der Waals surface area (Å²) in [5.41, 5.74) is 6.90. The molecule has 0 aliphatic carbocycles. The number of halogens is 1. The molecule has 0 aromatic heterocycles. The number of nitrogens with two attached hydrogens (primary N) is 1. The molecule has 3 heteroatoms. The van der Waals surface area contributed by atoms with E-state index in [9.17, 15) is 4.39 Å². The van der Waals surface area contributed by atoms with Crippen LogP contribution >= 0.6 is 0 Å². The van der Waals surface area contributed by atoms with Gasteiger partial charge in [0.15, 0.2) is 0 Å². The largest absolute Gasteiger partial charge is 0.399 e. The molecule has 15 heavy (non-hydrogen) atoms. The van der Waals surface area contributed by atoms with E-state index < -0.39 is 0 Å². The Morgan fingerprint density at radius 1 is 1.33 bits per heavy atom. The number of nitrogens with zero attached hydrogens (tertiary/aromatic N) is 1. The van der Waals surface area contributed by atoms with E-state index in [1.165, 1.54) is 12.1 Å². The molecule has 84 valence electrons. The van der Waals surface area contributed by atoms with Crippen LogP contribution in [0.4, 0.5) is 15.8 Å². The topological polar surface area (TPSA) is 29.3 Å². The maximum Gasteiger partial charge on any atom is 0.127 e. The molecular formula is C12H19FN2. The molecule has 2 N–H and O–H groups in total. The van der Waals surface area contributed by atoms with Crippen LogP contribution in [0.25, 0.3) is 0 Å². The molecule has 0 heterocycles. The Balaban J connectivity index is 2.68. The zero-order valence-electron chi connectivity index (χ0n) is 9.63. The molecule has 2 nitrogen and oxygen atoms in total. The van der Waals surface area contributed by atoms with Gasteiger partial charge in [0.2, 0.25) is 0 Å². The predicted molar refractivity (Wildman–Crippen MR) is 63.5 cm³/mol. The summed E-state index contributed by atoms with van der Waals surface area (Å²) in [6, 6.07) is 4.64. The summed E-state index contributed by atoms with van der Waals surface area (Å²) in [6.07, 6.45) is 1.09. The van der Waals surface area contributed by atoms with Gasteiger partial charge in [0.1, 0.15) is 5.82 Å². The van der Waals surface area contributed by atoms with Crippen molar-refractivity contribution in [1.82, 2.24) is 0 Å². The first-order valence-electron chi connectivity index (χ1n) is 5.26. The van der Waals surface area contributed by atoms with Gasteiger partial charge in [0.05, 0.1) is 0 Å². The third kappa shape index (κ3) is 3.78. The summed E-state index contributed by atoms with van der Waals surface area (Å²) in [4.78, 5) is 2.03. The van der Waals surface area contributed by atoms with Gasteiger partial charge >= 0.3 is 0 Å². The molecule has 0 spiro atoms. The number of benzene rings is 1. The molecule has 0 radical (unpaired) electrons. The third-order valence-corrected chi connectivity index (χ3v) is 2.39. The molecule has 1 rings (SSSR count). The van der Waals surface area contributed by atoms with E-state index in [2.05, 4.69) is 13.8 Å². The molecule has 0 unspecified atom stereocenters. The molecule has 0 bridgehead atoms. The molecule has 0 amide bonds. The molecule has 1 aromatic carbocycles. The van der Waals surface area contributed by atoms with Crippen LogP contribution < -0.4 is 10.6 Å². The van der Waals surface area contributed by atoms with Crippen molar-refractivity contribution in [3.05, 3.63) is 24.0 Å².